The molecule has 5 heteroatoms. The van der Waals surface area contributed by atoms with E-state index in [1.807, 2.05) is 12.1 Å². The molecule has 0 fully saturated rings. The van der Waals surface area contributed by atoms with E-state index in [1.54, 1.807) is 0 Å². The van der Waals surface area contributed by atoms with Gasteiger partial charge in [-0.1, -0.05) is 78.9 Å². The van der Waals surface area contributed by atoms with Gasteiger partial charge >= 0.3 is 7.05 Å². The van der Waals surface area contributed by atoms with Crippen LogP contribution in [0.15, 0.2) is 132 Å². The molecule has 0 unspecified atom stereocenters. The van der Waals surface area contributed by atoms with Crippen LogP contribution in [0.3, 0.4) is 0 Å². The van der Waals surface area contributed by atoms with Crippen molar-refractivity contribution < 1.29 is 9.07 Å². The molecule has 8 aromatic rings. The predicted molar refractivity (Wildman–Crippen MR) is 168 cm³/mol. The Labute approximate surface area is 235 Å². The molecular weight excluding hydrogens is 503 g/mol. The van der Waals surface area contributed by atoms with E-state index < -0.39 is 0 Å². The van der Waals surface area contributed by atoms with Crippen LogP contribution < -0.4 is 14.9 Å². The number of hydrogen-bond donors (Lipinski definition) is 0. The molecule has 10 rings (SSSR count). The minimum Gasteiger partial charge on any atom is -0.536 e. The highest BCUT2D eigenvalue weighted by atomic mass is 16.5. The lowest BCUT2D eigenvalue weighted by Crippen LogP contribution is -2.50. The largest absolute Gasteiger partial charge is 0.536 e. The molecule has 4 heterocycles. The second-order valence-electron chi connectivity index (χ2n) is 10.9. The van der Waals surface area contributed by atoms with Crippen molar-refractivity contribution in [1.82, 2.24) is 4.57 Å². The molecule has 0 spiro atoms. The molecule has 2 aromatic heterocycles. The van der Waals surface area contributed by atoms with Crippen LogP contribution in [-0.2, 0) is 0 Å². The lowest BCUT2D eigenvalue weighted by molar-refractivity contribution is 0.600. The average Bonchev–Trinajstić information content (AvgIpc) is 3.69. The SMILES string of the molecule is c1ccc2c(c1)-c1cc(-n3c4ccccc4c4ccccc43)ccc1B1Oc3cc4oc5ccccc5c4cc3N12. The summed E-state index contributed by atoms with van der Waals surface area (Å²) in [6.45, 7) is 0. The highest BCUT2D eigenvalue weighted by Gasteiger charge is 2.45. The van der Waals surface area contributed by atoms with E-state index in [2.05, 4.69) is 125 Å². The van der Waals surface area contributed by atoms with E-state index in [1.165, 1.54) is 32.9 Å². The Morgan fingerprint density at radius 1 is 0.512 bits per heavy atom. The van der Waals surface area contributed by atoms with Gasteiger partial charge in [0, 0.05) is 44.5 Å². The van der Waals surface area contributed by atoms with E-state index in [9.17, 15) is 0 Å². The highest BCUT2D eigenvalue weighted by molar-refractivity contribution is 6.77. The standard InChI is InChI=1S/C36H21BN2O2/c1-5-13-30-23(9-1)24-10-2-6-14-31(24)38(30)22-17-18-29-27(19-22)25-11-3-7-15-32(25)39-33-20-28-26-12-4-8-16-34(26)40-35(28)21-36(33)41-37(29)39/h1-21H. The number of para-hydroxylation sites is 4. The molecule has 41 heavy (non-hydrogen) atoms. The van der Waals surface area contributed by atoms with E-state index >= 15 is 0 Å². The molecule has 190 valence electrons. The fourth-order valence-electron chi connectivity index (χ4n) is 7.03. The van der Waals surface area contributed by atoms with Gasteiger partial charge in [0.15, 0.2) is 0 Å². The Morgan fingerprint density at radius 3 is 2.05 bits per heavy atom. The molecule has 0 saturated heterocycles. The maximum absolute atomic E-state index is 6.73. The fourth-order valence-corrected chi connectivity index (χ4v) is 7.03. The molecule has 0 bridgehead atoms. The van der Waals surface area contributed by atoms with Crippen molar-refractivity contribution >= 4 is 67.6 Å². The third-order valence-electron chi connectivity index (χ3n) is 8.79. The van der Waals surface area contributed by atoms with Crippen LogP contribution in [0.5, 0.6) is 5.75 Å². The third kappa shape index (κ3) is 2.75. The van der Waals surface area contributed by atoms with Crippen LogP contribution in [0.2, 0.25) is 0 Å². The van der Waals surface area contributed by atoms with Crippen molar-refractivity contribution in [3.63, 3.8) is 0 Å². The number of hydrogen-bond acceptors (Lipinski definition) is 3. The molecular formula is C36H21BN2O2. The van der Waals surface area contributed by atoms with Crippen LogP contribution in [-0.4, -0.2) is 11.6 Å². The first kappa shape index (κ1) is 21.4. The van der Waals surface area contributed by atoms with E-state index in [-0.39, 0.29) is 7.05 Å². The number of anilines is 2. The van der Waals surface area contributed by atoms with Gasteiger partial charge in [-0.05, 0) is 53.5 Å². The number of aromatic nitrogens is 1. The lowest BCUT2D eigenvalue weighted by Gasteiger charge is -2.31. The zero-order chi connectivity index (χ0) is 26.7. The Bertz CT molecular complexity index is 2330. The zero-order valence-electron chi connectivity index (χ0n) is 21.9. The van der Waals surface area contributed by atoms with Gasteiger partial charge in [-0.3, -0.25) is 0 Å². The third-order valence-corrected chi connectivity index (χ3v) is 8.79. The Kier molecular flexibility index (Phi) is 3.98. The van der Waals surface area contributed by atoms with Crippen LogP contribution in [0.1, 0.15) is 0 Å². The molecule has 0 amide bonds. The smallest absolute Gasteiger partial charge is 0.524 e. The quantitative estimate of drug-likeness (QED) is 0.202. The van der Waals surface area contributed by atoms with E-state index in [0.717, 1.165) is 50.2 Å². The fraction of sp³-hybridized carbons (Fsp3) is 0. The topological polar surface area (TPSA) is 30.5 Å². The number of furan rings is 1. The first-order valence-corrected chi connectivity index (χ1v) is 14.0. The van der Waals surface area contributed by atoms with Gasteiger partial charge < -0.3 is 18.4 Å². The average molecular weight is 524 g/mol. The Balaban J connectivity index is 1.20. The van der Waals surface area contributed by atoms with Crippen molar-refractivity contribution in [2.45, 2.75) is 0 Å². The van der Waals surface area contributed by atoms with Crippen LogP contribution in [0.25, 0.3) is 60.6 Å². The number of fused-ring (bicyclic) bond motifs is 14. The molecule has 0 radical (unpaired) electrons. The van der Waals surface area contributed by atoms with Crippen LogP contribution in [0.4, 0.5) is 11.4 Å². The van der Waals surface area contributed by atoms with Gasteiger partial charge in [-0.15, -0.1) is 0 Å². The van der Waals surface area contributed by atoms with Gasteiger partial charge in [-0.25, -0.2) is 0 Å². The zero-order valence-corrected chi connectivity index (χ0v) is 21.9. The van der Waals surface area contributed by atoms with Crippen molar-refractivity contribution in [3.05, 3.63) is 127 Å². The van der Waals surface area contributed by atoms with Crippen LogP contribution in [0, 0.1) is 0 Å². The summed E-state index contributed by atoms with van der Waals surface area (Å²) in [5.41, 5.74) is 11.1. The minimum atomic E-state index is -0.250. The lowest BCUT2D eigenvalue weighted by atomic mass is 9.64. The molecule has 0 atom stereocenters. The first-order valence-electron chi connectivity index (χ1n) is 14.0. The maximum atomic E-state index is 6.73. The first-order chi connectivity index (χ1) is 20.3. The van der Waals surface area contributed by atoms with Crippen molar-refractivity contribution in [1.29, 1.82) is 0 Å². The summed E-state index contributed by atoms with van der Waals surface area (Å²) in [4.78, 5) is 2.34. The summed E-state index contributed by atoms with van der Waals surface area (Å²) in [6.07, 6.45) is 0. The highest BCUT2D eigenvalue weighted by Crippen LogP contribution is 2.49. The number of benzene rings is 6. The summed E-state index contributed by atoms with van der Waals surface area (Å²) in [6, 6.07) is 45.3. The molecule has 0 aliphatic carbocycles. The number of nitrogens with zero attached hydrogens (tertiary/aromatic N) is 2. The molecule has 0 N–H and O–H groups in total. The van der Waals surface area contributed by atoms with E-state index in [4.69, 9.17) is 9.07 Å². The molecule has 6 aromatic carbocycles. The van der Waals surface area contributed by atoms with Gasteiger partial charge in [0.1, 0.15) is 16.9 Å². The Hall–Kier alpha value is -5.42. The van der Waals surface area contributed by atoms with Crippen LogP contribution >= 0.6 is 0 Å². The normalized spacial score (nSPS) is 13.5. The minimum absolute atomic E-state index is 0.250. The summed E-state index contributed by atoms with van der Waals surface area (Å²) >= 11 is 0. The summed E-state index contributed by atoms with van der Waals surface area (Å²) in [7, 11) is -0.250. The summed E-state index contributed by atoms with van der Waals surface area (Å²) in [5.74, 6) is 0.843. The summed E-state index contributed by atoms with van der Waals surface area (Å²) < 4.78 is 15.3. The molecule has 2 aliphatic heterocycles. The maximum Gasteiger partial charge on any atom is 0.524 e. The Morgan fingerprint density at radius 2 is 1.22 bits per heavy atom. The second-order valence-corrected chi connectivity index (χ2v) is 10.9. The predicted octanol–water partition coefficient (Wildman–Crippen LogP) is 8.59. The van der Waals surface area contributed by atoms with Crippen molar-refractivity contribution in [2.75, 3.05) is 4.81 Å². The molecule has 2 aliphatic rings. The monoisotopic (exact) mass is 524 g/mol. The van der Waals surface area contributed by atoms with Crippen molar-refractivity contribution in [3.8, 4) is 22.6 Å². The summed E-state index contributed by atoms with van der Waals surface area (Å²) in [5, 5.41) is 4.75. The van der Waals surface area contributed by atoms with Gasteiger partial charge in [0.05, 0.1) is 16.7 Å². The second kappa shape index (κ2) is 7.61. The van der Waals surface area contributed by atoms with Gasteiger partial charge in [0.2, 0.25) is 0 Å². The van der Waals surface area contributed by atoms with Gasteiger partial charge in [0.25, 0.3) is 0 Å². The van der Waals surface area contributed by atoms with Crippen molar-refractivity contribution in [2.24, 2.45) is 0 Å². The van der Waals surface area contributed by atoms with E-state index in [0.29, 0.717) is 0 Å². The molecule has 4 nitrogen and oxygen atoms in total. The van der Waals surface area contributed by atoms with Gasteiger partial charge in [-0.2, -0.15) is 0 Å². The molecule has 0 saturated carbocycles. The number of rotatable bonds is 1.